The van der Waals surface area contributed by atoms with E-state index < -0.39 is 5.60 Å². The molecule has 2 rings (SSSR count). The van der Waals surface area contributed by atoms with Crippen molar-refractivity contribution in [3.05, 3.63) is 35.9 Å². The molecule has 1 aliphatic heterocycles. The highest BCUT2D eigenvalue weighted by Crippen LogP contribution is 2.30. The Morgan fingerprint density at radius 3 is 2.60 bits per heavy atom. The van der Waals surface area contributed by atoms with Gasteiger partial charge >= 0.3 is 0 Å². The van der Waals surface area contributed by atoms with Gasteiger partial charge in [-0.2, -0.15) is 0 Å². The lowest BCUT2D eigenvalue weighted by Gasteiger charge is -2.12. The molecule has 1 aliphatic rings. The topological polar surface area (TPSA) is 29.6 Å². The molecule has 80 valence electrons. The number of carbonyl (C=O) groups is 1. The van der Waals surface area contributed by atoms with Gasteiger partial charge in [-0.15, -0.1) is 0 Å². The van der Waals surface area contributed by atoms with Crippen molar-refractivity contribution < 1.29 is 9.53 Å². The molecule has 2 atom stereocenters. The summed E-state index contributed by atoms with van der Waals surface area (Å²) in [5, 5.41) is 0. The molecule has 1 saturated heterocycles. The first-order chi connectivity index (χ1) is 7.12. The summed E-state index contributed by atoms with van der Waals surface area (Å²) in [5.41, 5.74) is 0.733. The lowest BCUT2D eigenvalue weighted by molar-refractivity contribution is -0.127. The number of hydrogen-bond donors (Lipinski definition) is 0. The molecule has 0 radical (unpaired) electrons. The van der Waals surface area contributed by atoms with Crippen LogP contribution in [0, 0.1) is 5.92 Å². The van der Waals surface area contributed by atoms with E-state index in [9.17, 15) is 4.79 Å². The van der Waals surface area contributed by atoms with Crippen LogP contribution in [-0.2, 0) is 16.0 Å². The molecule has 0 aliphatic carbocycles. The second-order valence-corrected chi connectivity index (χ2v) is 4.47. The average molecular weight is 204 g/mol. The van der Waals surface area contributed by atoms with Crippen molar-refractivity contribution in [2.75, 3.05) is 6.61 Å². The van der Waals surface area contributed by atoms with Crippen molar-refractivity contribution in [1.82, 2.24) is 0 Å². The van der Waals surface area contributed by atoms with Gasteiger partial charge in [-0.1, -0.05) is 37.3 Å². The minimum Gasteiger partial charge on any atom is -0.362 e. The summed E-state index contributed by atoms with van der Waals surface area (Å²) < 4.78 is 5.17. The first kappa shape index (κ1) is 10.4. The summed E-state index contributed by atoms with van der Waals surface area (Å²) in [6.07, 6.45) is 0.804. The molecule has 0 spiro atoms. The Morgan fingerprint density at radius 2 is 2.07 bits per heavy atom. The maximum Gasteiger partial charge on any atom is 0.169 e. The molecular weight excluding hydrogens is 188 g/mol. The zero-order valence-corrected chi connectivity index (χ0v) is 9.19. The van der Waals surface area contributed by atoms with Crippen molar-refractivity contribution in [2.45, 2.75) is 25.9 Å². The molecule has 1 heterocycles. The van der Waals surface area contributed by atoms with Crippen molar-refractivity contribution in [2.24, 2.45) is 5.92 Å². The molecule has 0 bridgehead atoms. The fraction of sp³-hybridized carbons (Fsp3) is 0.462. The Morgan fingerprint density at radius 1 is 1.47 bits per heavy atom. The standard InChI is InChI=1S/C13H16O2/c1-10(12(14)13(2)9-15-13)8-11-6-4-3-5-7-11/h3-7,10H,8-9H2,1-2H3/t10-,13+/m0/s1. The lowest BCUT2D eigenvalue weighted by Crippen LogP contribution is -2.28. The van der Waals surface area contributed by atoms with E-state index in [2.05, 4.69) is 12.1 Å². The van der Waals surface area contributed by atoms with Crippen LogP contribution < -0.4 is 0 Å². The normalized spacial score (nSPS) is 26.0. The highest BCUT2D eigenvalue weighted by Gasteiger charge is 2.48. The Hall–Kier alpha value is -1.15. The number of ether oxygens (including phenoxy) is 1. The highest BCUT2D eigenvalue weighted by atomic mass is 16.6. The average Bonchev–Trinajstić information content (AvgIpc) is 2.98. The molecule has 0 aromatic heterocycles. The quantitative estimate of drug-likeness (QED) is 0.704. The van der Waals surface area contributed by atoms with E-state index in [0.29, 0.717) is 6.61 Å². The van der Waals surface area contributed by atoms with E-state index in [1.165, 1.54) is 5.56 Å². The Balaban J connectivity index is 1.98. The maximum absolute atomic E-state index is 11.9. The number of epoxide rings is 1. The zero-order valence-electron chi connectivity index (χ0n) is 9.19. The van der Waals surface area contributed by atoms with Crippen LogP contribution in [0.25, 0.3) is 0 Å². The minimum absolute atomic E-state index is 0.0416. The number of benzene rings is 1. The summed E-state index contributed by atoms with van der Waals surface area (Å²) in [6.45, 7) is 4.43. The number of hydrogen-bond acceptors (Lipinski definition) is 2. The van der Waals surface area contributed by atoms with Crippen LogP contribution in [0.3, 0.4) is 0 Å². The largest absolute Gasteiger partial charge is 0.362 e. The molecule has 2 nitrogen and oxygen atoms in total. The predicted octanol–water partition coefficient (Wildman–Crippen LogP) is 2.22. The fourth-order valence-electron chi connectivity index (χ4n) is 1.83. The second kappa shape index (κ2) is 3.78. The van der Waals surface area contributed by atoms with Crippen molar-refractivity contribution in [3.63, 3.8) is 0 Å². The number of ketones is 1. The first-order valence-electron chi connectivity index (χ1n) is 5.34. The smallest absolute Gasteiger partial charge is 0.169 e. The third-order valence-electron chi connectivity index (χ3n) is 2.93. The van der Waals surface area contributed by atoms with Gasteiger partial charge in [-0.3, -0.25) is 4.79 Å². The van der Waals surface area contributed by atoms with Gasteiger partial charge < -0.3 is 4.74 Å². The van der Waals surface area contributed by atoms with Gasteiger partial charge in [0, 0.05) is 5.92 Å². The molecule has 1 aromatic carbocycles. The van der Waals surface area contributed by atoms with E-state index in [1.54, 1.807) is 0 Å². The van der Waals surface area contributed by atoms with E-state index in [1.807, 2.05) is 32.0 Å². The molecule has 0 N–H and O–H groups in total. The Kier molecular flexibility index (Phi) is 2.61. The summed E-state index contributed by atoms with van der Waals surface area (Å²) in [4.78, 5) is 11.9. The summed E-state index contributed by atoms with van der Waals surface area (Å²) in [6, 6.07) is 10.1. The van der Waals surface area contributed by atoms with E-state index >= 15 is 0 Å². The molecule has 0 unspecified atom stereocenters. The van der Waals surface area contributed by atoms with E-state index in [-0.39, 0.29) is 11.7 Å². The van der Waals surface area contributed by atoms with Gasteiger partial charge in [0.2, 0.25) is 0 Å². The van der Waals surface area contributed by atoms with E-state index in [0.717, 1.165) is 6.42 Å². The van der Waals surface area contributed by atoms with Crippen LogP contribution in [0.15, 0.2) is 30.3 Å². The van der Waals surface area contributed by atoms with Crippen LogP contribution in [0.1, 0.15) is 19.4 Å². The van der Waals surface area contributed by atoms with Crippen molar-refractivity contribution in [3.8, 4) is 0 Å². The Bertz CT molecular complexity index is 352. The summed E-state index contributed by atoms with van der Waals surface area (Å²) >= 11 is 0. The van der Waals surface area contributed by atoms with Gasteiger partial charge in [-0.25, -0.2) is 0 Å². The van der Waals surface area contributed by atoms with E-state index in [4.69, 9.17) is 4.74 Å². The summed E-state index contributed by atoms with van der Waals surface area (Å²) in [7, 11) is 0. The van der Waals surface area contributed by atoms with Crippen LogP contribution in [0.5, 0.6) is 0 Å². The van der Waals surface area contributed by atoms with Gasteiger partial charge in [0.15, 0.2) is 5.78 Å². The van der Waals surface area contributed by atoms with Crippen molar-refractivity contribution >= 4 is 5.78 Å². The van der Waals surface area contributed by atoms with Gasteiger partial charge in [0.05, 0.1) is 6.61 Å². The first-order valence-corrected chi connectivity index (χ1v) is 5.34. The SMILES string of the molecule is C[C@@H](Cc1ccccc1)C(=O)[C@@]1(C)CO1. The Labute approximate surface area is 90.3 Å². The van der Waals surface area contributed by atoms with Gasteiger partial charge in [-0.05, 0) is 18.9 Å². The molecular formula is C13H16O2. The van der Waals surface area contributed by atoms with Crippen LogP contribution in [0.2, 0.25) is 0 Å². The molecule has 15 heavy (non-hydrogen) atoms. The number of rotatable bonds is 4. The fourth-order valence-corrected chi connectivity index (χ4v) is 1.83. The third-order valence-corrected chi connectivity index (χ3v) is 2.93. The molecule has 1 aromatic rings. The molecule has 0 saturated carbocycles. The highest BCUT2D eigenvalue weighted by molar-refractivity contribution is 5.91. The van der Waals surface area contributed by atoms with Gasteiger partial charge in [0.25, 0.3) is 0 Å². The summed E-state index contributed by atoms with van der Waals surface area (Å²) in [5.74, 6) is 0.270. The molecule has 1 fully saturated rings. The minimum atomic E-state index is -0.478. The van der Waals surface area contributed by atoms with Crippen LogP contribution in [0.4, 0.5) is 0 Å². The zero-order chi connectivity index (χ0) is 10.9. The van der Waals surface area contributed by atoms with Gasteiger partial charge in [0.1, 0.15) is 5.60 Å². The predicted molar refractivity (Wildman–Crippen MR) is 58.7 cm³/mol. The second-order valence-electron chi connectivity index (χ2n) is 4.47. The van der Waals surface area contributed by atoms with Crippen LogP contribution in [-0.4, -0.2) is 18.0 Å². The molecule has 2 heteroatoms. The van der Waals surface area contributed by atoms with Crippen LogP contribution >= 0.6 is 0 Å². The maximum atomic E-state index is 11.9. The monoisotopic (exact) mass is 204 g/mol. The third kappa shape index (κ3) is 2.26. The number of carbonyl (C=O) groups excluding carboxylic acids is 1. The lowest BCUT2D eigenvalue weighted by atomic mass is 9.90. The number of Topliss-reactive ketones (excluding diaryl/α,β-unsaturated/α-hetero) is 1. The molecule has 0 amide bonds. The van der Waals surface area contributed by atoms with Crippen molar-refractivity contribution in [1.29, 1.82) is 0 Å².